The molecule has 2 N–H and O–H groups in total. The van der Waals surface area contributed by atoms with Crippen molar-refractivity contribution in [1.29, 1.82) is 0 Å². The minimum absolute atomic E-state index is 0.102. The number of nitrogens with one attached hydrogen (secondary N) is 2. The maximum absolute atomic E-state index is 13.6. The van der Waals surface area contributed by atoms with E-state index >= 15 is 0 Å². The Morgan fingerprint density at radius 1 is 1.43 bits per heavy atom. The molecule has 1 saturated heterocycles. The Balaban J connectivity index is 1.64. The van der Waals surface area contributed by atoms with E-state index in [0.717, 1.165) is 6.07 Å². The molecule has 1 unspecified atom stereocenters. The number of carbonyl (C=O) groups is 1. The van der Waals surface area contributed by atoms with Crippen LogP contribution in [0.15, 0.2) is 30.6 Å². The quantitative estimate of drug-likeness (QED) is 0.886. The molecule has 122 valence electrons. The first-order valence-corrected chi connectivity index (χ1v) is 7.42. The van der Waals surface area contributed by atoms with Crippen LogP contribution in [-0.4, -0.2) is 29.1 Å². The molecule has 1 aliphatic rings. The number of nitrogens with zero attached hydrogens (tertiary/aromatic N) is 1. The Kier molecular flexibility index (Phi) is 4.38. The number of hydrogen-bond donors (Lipinski definition) is 2. The molecule has 1 atom stereocenters. The van der Waals surface area contributed by atoms with Crippen LogP contribution in [0.3, 0.4) is 0 Å². The highest BCUT2D eigenvalue weighted by Crippen LogP contribution is 2.28. The van der Waals surface area contributed by atoms with Crippen molar-refractivity contribution in [2.24, 2.45) is 0 Å². The zero-order chi connectivity index (χ0) is 16.3. The molecule has 0 bridgehead atoms. The average Bonchev–Trinajstić information content (AvgIpc) is 3.18. The molecule has 1 aromatic carbocycles. The van der Waals surface area contributed by atoms with Gasteiger partial charge in [0.1, 0.15) is 23.0 Å². The molecule has 3 rings (SSSR count). The predicted octanol–water partition coefficient (Wildman–Crippen LogP) is 2.05. The molecule has 2 aromatic rings. The van der Waals surface area contributed by atoms with E-state index in [4.69, 9.17) is 4.74 Å². The van der Waals surface area contributed by atoms with Gasteiger partial charge in [-0.05, 0) is 18.1 Å². The molecule has 5 nitrogen and oxygen atoms in total. The maximum Gasteiger partial charge on any atom is 0.221 e. The normalized spacial score (nSPS) is 20.6. The van der Waals surface area contributed by atoms with Crippen molar-refractivity contribution in [3.8, 4) is 0 Å². The van der Waals surface area contributed by atoms with E-state index in [1.807, 2.05) is 0 Å². The topological polar surface area (TPSA) is 67.0 Å². The second-order valence-corrected chi connectivity index (χ2v) is 5.61. The first-order valence-electron chi connectivity index (χ1n) is 7.42. The minimum Gasteiger partial charge on any atom is -0.378 e. The molecule has 7 heteroatoms. The molecule has 1 aromatic heterocycles. The third-order valence-corrected chi connectivity index (χ3v) is 3.99. The summed E-state index contributed by atoms with van der Waals surface area (Å²) in [5.41, 5.74) is -0.349. The molecule has 0 saturated carbocycles. The van der Waals surface area contributed by atoms with E-state index in [9.17, 15) is 13.6 Å². The van der Waals surface area contributed by atoms with Crippen molar-refractivity contribution in [3.63, 3.8) is 0 Å². The van der Waals surface area contributed by atoms with Gasteiger partial charge in [0, 0.05) is 37.9 Å². The summed E-state index contributed by atoms with van der Waals surface area (Å²) in [4.78, 5) is 19.5. The summed E-state index contributed by atoms with van der Waals surface area (Å²) in [6.07, 6.45) is 4.24. The molecule has 0 radical (unpaired) electrons. The number of ether oxygens (including phenoxy) is 1. The average molecular weight is 321 g/mol. The van der Waals surface area contributed by atoms with Gasteiger partial charge >= 0.3 is 0 Å². The maximum atomic E-state index is 13.6. The number of hydrogen-bond acceptors (Lipinski definition) is 3. The molecule has 1 amide bonds. The van der Waals surface area contributed by atoms with Crippen molar-refractivity contribution >= 4 is 5.91 Å². The summed E-state index contributed by atoms with van der Waals surface area (Å²) >= 11 is 0. The molecule has 1 aliphatic heterocycles. The van der Waals surface area contributed by atoms with Crippen LogP contribution in [0, 0.1) is 11.6 Å². The van der Waals surface area contributed by atoms with Gasteiger partial charge in [0.05, 0.1) is 6.61 Å². The van der Waals surface area contributed by atoms with Gasteiger partial charge in [0.2, 0.25) is 5.91 Å². The fraction of sp³-hybridized carbons (Fsp3) is 0.375. The van der Waals surface area contributed by atoms with Gasteiger partial charge in [-0.2, -0.15) is 0 Å². The van der Waals surface area contributed by atoms with Crippen molar-refractivity contribution in [2.45, 2.75) is 24.8 Å². The molecule has 0 aliphatic carbocycles. The standard InChI is InChI=1S/C16H17F2N3O2/c17-12-3-1-11(13(18)9-12)2-4-14(22)21-16(5-8-23-10-16)15-19-6-7-20-15/h1,3,6-7,9H,2,4-5,8,10H2,(H,19,20)(H,21,22). The summed E-state index contributed by atoms with van der Waals surface area (Å²) in [5, 5.41) is 2.94. The van der Waals surface area contributed by atoms with Crippen molar-refractivity contribution in [1.82, 2.24) is 15.3 Å². The Bertz CT molecular complexity index is 683. The fourth-order valence-corrected chi connectivity index (χ4v) is 2.74. The van der Waals surface area contributed by atoms with Crippen molar-refractivity contribution in [2.75, 3.05) is 13.2 Å². The van der Waals surface area contributed by atoms with Crippen molar-refractivity contribution < 1.29 is 18.3 Å². The summed E-state index contributed by atoms with van der Waals surface area (Å²) in [5.74, 6) is -0.842. The lowest BCUT2D eigenvalue weighted by Gasteiger charge is -2.26. The van der Waals surface area contributed by atoms with Gasteiger partial charge in [0.15, 0.2) is 0 Å². The van der Waals surface area contributed by atoms with Crippen molar-refractivity contribution in [3.05, 3.63) is 53.6 Å². The number of aromatic nitrogens is 2. The van der Waals surface area contributed by atoms with Gasteiger partial charge in [-0.1, -0.05) is 6.07 Å². The second kappa shape index (κ2) is 6.45. The summed E-state index contributed by atoms with van der Waals surface area (Å²) < 4.78 is 31.9. The monoisotopic (exact) mass is 321 g/mol. The smallest absolute Gasteiger partial charge is 0.221 e. The number of aryl methyl sites for hydroxylation is 1. The summed E-state index contributed by atoms with van der Waals surface area (Å²) in [7, 11) is 0. The highest BCUT2D eigenvalue weighted by atomic mass is 19.1. The molecule has 2 heterocycles. The largest absolute Gasteiger partial charge is 0.378 e. The molecular weight excluding hydrogens is 304 g/mol. The van der Waals surface area contributed by atoms with Crippen LogP contribution in [0.5, 0.6) is 0 Å². The van der Waals surface area contributed by atoms with Crippen LogP contribution in [0.1, 0.15) is 24.2 Å². The number of carbonyl (C=O) groups excluding carboxylic acids is 1. The zero-order valence-corrected chi connectivity index (χ0v) is 12.4. The zero-order valence-electron chi connectivity index (χ0n) is 12.4. The number of H-pyrrole nitrogens is 1. The SMILES string of the molecule is O=C(CCc1ccc(F)cc1F)NC1(c2ncc[nH]2)CCOC1. The van der Waals surface area contributed by atoms with Gasteiger partial charge in [0.25, 0.3) is 0 Å². The lowest BCUT2D eigenvalue weighted by molar-refractivity contribution is -0.123. The van der Waals surface area contributed by atoms with E-state index in [-0.39, 0.29) is 18.7 Å². The van der Waals surface area contributed by atoms with Crippen LogP contribution < -0.4 is 5.32 Å². The van der Waals surface area contributed by atoms with Crippen LogP contribution in [0.4, 0.5) is 8.78 Å². The van der Waals surface area contributed by atoms with Crippen LogP contribution >= 0.6 is 0 Å². The Morgan fingerprint density at radius 2 is 2.30 bits per heavy atom. The molecule has 1 fully saturated rings. The lowest BCUT2D eigenvalue weighted by atomic mass is 9.97. The number of imidazole rings is 1. The number of rotatable bonds is 5. The summed E-state index contributed by atoms with van der Waals surface area (Å²) in [6, 6.07) is 3.37. The Morgan fingerprint density at radius 3 is 2.96 bits per heavy atom. The third kappa shape index (κ3) is 3.39. The van der Waals surface area contributed by atoms with Gasteiger partial charge in [-0.25, -0.2) is 13.8 Å². The van der Waals surface area contributed by atoms with Crippen LogP contribution in [-0.2, 0) is 21.5 Å². The Hall–Kier alpha value is -2.28. The van der Waals surface area contributed by atoms with Crippen LogP contribution in [0.2, 0.25) is 0 Å². The first kappa shape index (κ1) is 15.6. The van der Waals surface area contributed by atoms with E-state index in [1.165, 1.54) is 12.1 Å². The third-order valence-electron chi connectivity index (χ3n) is 3.99. The number of halogens is 2. The minimum atomic E-state index is -0.665. The number of benzene rings is 1. The lowest BCUT2D eigenvalue weighted by Crippen LogP contribution is -2.47. The van der Waals surface area contributed by atoms with Crippen LogP contribution in [0.25, 0.3) is 0 Å². The van der Waals surface area contributed by atoms with E-state index in [1.54, 1.807) is 12.4 Å². The predicted molar refractivity (Wildman–Crippen MR) is 78.5 cm³/mol. The van der Waals surface area contributed by atoms with E-state index in [2.05, 4.69) is 15.3 Å². The van der Waals surface area contributed by atoms with Gasteiger partial charge < -0.3 is 15.0 Å². The second-order valence-electron chi connectivity index (χ2n) is 5.61. The Labute approximate surface area is 132 Å². The highest BCUT2D eigenvalue weighted by Gasteiger charge is 2.40. The van der Waals surface area contributed by atoms with Gasteiger partial charge in [-0.15, -0.1) is 0 Å². The summed E-state index contributed by atoms with van der Waals surface area (Å²) in [6.45, 7) is 0.880. The molecule has 0 spiro atoms. The molecular formula is C16H17F2N3O2. The first-order chi connectivity index (χ1) is 11.1. The number of aromatic amines is 1. The van der Waals surface area contributed by atoms with Gasteiger partial charge in [-0.3, -0.25) is 4.79 Å². The van der Waals surface area contributed by atoms with E-state index in [0.29, 0.717) is 31.0 Å². The molecule has 23 heavy (non-hydrogen) atoms. The fourth-order valence-electron chi connectivity index (χ4n) is 2.74. The highest BCUT2D eigenvalue weighted by molar-refractivity contribution is 5.77. The number of amides is 1. The van der Waals surface area contributed by atoms with E-state index < -0.39 is 17.2 Å².